The zero-order valence-electron chi connectivity index (χ0n) is 18.6. The summed E-state index contributed by atoms with van der Waals surface area (Å²) in [6, 6.07) is 10.8. The fourth-order valence-electron chi connectivity index (χ4n) is 5.72. The molecule has 172 valence electrons. The first kappa shape index (κ1) is 20.7. The number of ether oxygens (including phenoxy) is 1. The van der Waals surface area contributed by atoms with Crippen LogP contribution in [-0.2, 0) is 11.2 Å². The van der Waals surface area contributed by atoms with Crippen LogP contribution in [0.4, 0.5) is 4.79 Å². The Morgan fingerprint density at radius 1 is 1.21 bits per heavy atom. The minimum Gasteiger partial charge on any atom is -0.465 e. The average molecular weight is 448 g/mol. The van der Waals surface area contributed by atoms with E-state index in [4.69, 9.17) is 15.1 Å². The Bertz CT molecular complexity index is 1090. The Balaban J connectivity index is 1.37. The number of nitrogens with one attached hydrogen (secondary N) is 1. The number of nitrogens with zero attached hydrogens (tertiary/aromatic N) is 4. The molecule has 8 nitrogen and oxygen atoms in total. The lowest BCUT2D eigenvalue weighted by Crippen LogP contribution is -2.43. The number of hydrogen-bond donors (Lipinski definition) is 2. The molecule has 2 fully saturated rings. The number of rotatable bonds is 4. The van der Waals surface area contributed by atoms with Crippen LogP contribution >= 0.6 is 0 Å². The van der Waals surface area contributed by atoms with Gasteiger partial charge in [-0.15, -0.1) is 0 Å². The molecule has 6 rings (SSSR count). The number of amides is 1. The quantitative estimate of drug-likeness (QED) is 0.741. The maximum absolute atomic E-state index is 12.0. The van der Waals surface area contributed by atoms with Gasteiger partial charge < -0.3 is 15.2 Å². The first-order chi connectivity index (χ1) is 16.1. The molecule has 2 aliphatic carbocycles. The predicted molar refractivity (Wildman–Crippen MR) is 120 cm³/mol. The van der Waals surface area contributed by atoms with E-state index in [1.807, 2.05) is 4.68 Å². The summed E-state index contributed by atoms with van der Waals surface area (Å²) in [6.07, 6.45) is 4.90. The standard InChI is InChI=1S/C25H29N5O3/c26-12-15-10-19(11-15)33-22-14-27-13-21-23-20(8-9-29(21)25(31)32)30(28-24(22)23)18-6-4-17(5-7-18)16-2-1-3-16/h4-7,15-16,19,21-22,27H,1-3,8-11,13-14H2,(H,31,32). The molecule has 1 aromatic heterocycles. The third-order valence-electron chi connectivity index (χ3n) is 7.92. The molecule has 0 spiro atoms. The van der Waals surface area contributed by atoms with Crippen LogP contribution in [0, 0.1) is 17.2 Å². The monoisotopic (exact) mass is 447 g/mol. The molecule has 0 saturated heterocycles. The summed E-state index contributed by atoms with van der Waals surface area (Å²) in [6.45, 7) is 1.59. The van der Waals surface area contributed by atoms with Crippen LogP contribution < -0.4 is 5.32 Å². The fourth-order valence-corrected chi connectivity index (χ4v) is 5.72. The summed E-state index contributed by atoms with van der Waals surface area (Å²) < 4.78 is 8.42. The third-order valence-corrected chi connectivity index (χ3v) is 7.92. The van der Waals surface area contributed by atoms with Crippen LogP contribution in [0.25, 0.3) is 5.69 Å². The lowest BCUT2D eigenvalue weighted by Gasteiger charge is -2.34. The van der Waals surface area contributed by atoms with Gasteiger partial charge in [-0.25, -0.2) is 9.48 Å². The molecule has 2 N–H and O–H groups in total. The van der Waals surface area contributed by atoms with Crippen molar-refractivity contribution in [3.8, 4) is 11.8 Å². The summed E-state index contributed by atoms with van der Waals surface area (Å²) in [5.74, 6) is 0.758. The number of aromatic nitrogens is 2. The van der Waals surface area contributed by atoms with Gasteiger partial charge in [0, 0.05) is 31.6 Å². The van der Waals surface area contributed by atoms with Gasteiger partial charge in [0.05, 0.1) is 41.2 Å². The zero-order chi connectivity index (χ0) is 22.5. The van der Waals surface area contributed by atoms with Gasteiger partial charge in [-0.1, -0.05) is 18.6 Å². The molecule has 2 saturated carbocycles. The fraction of sp³-hybridized carbons (Fsp3) is 0.560. The van der Waals surface area contributed by atoms with Crippen LogP contribution in [0.3, 0.4) is 0 Å². The molecule has 8 heteroatoms. The molecule has 0 bridgehead atoms. The highest BCUT2D eigenvalue weighted by atomic mass is 16.5. The summed E-state index contributed by atoms with van der Waals surface area (Å²) in [7, 11) is 0. The van der Waals surface area contributed by atoms with E-state index >= 15 is 0 Å². The van der Waals surface area contributed by atoms with Gasteiger partial charge in [-0.2, -0.15) is 10.4 Å². The van der Waals surface area contributed by atoms with Gasteiger partial charge in [0.2, 0.25) is 0 Å². The van der Waals surface area contributed by atoms with Gasteiger partial charge in [-0.3, -0.25) is 4.90 Å². The zero-order valence-corrected chi connectivity index (χ0v) is 18.6. The van der Waals surface area contributed by atoms with Gasteiger partial charge in [0.1, 0.15) is 6.10 Å². The summed E-state index contributed by atoms with van der Waals surface area (Å²) in [5, 5.41) is 27.4. The molecule has 0 radical (unpaired) electrons. The maximum atomic E-state index is 12.0. The van der Waals surface area contributed by atoms with Crippen molar-refractivity contribution >= 4 is 6.09 Å². The van der Waals surface area contributed by atoms with Crippen LogP contribution in [0.5, 0.6) is 0 Å². The van der Waals surface area contributed by atoms with E-state index in [1.165, 1.54) is 29.7 Å². The molecule has 2 aliphatic heterocycles. The van der Waals surface area contributed by atoms with Crippen LogP contribution in [-0.4, -0.2) is 51.6 Å². The number of carboxylic acid groups (broad SMARTS) is 1. The Morgan fingerprint density at radius 3 is 2.67 bits per heavy atom. The van der Waals surface area contributed by atoms with Gasteiger partial charge in [0.15, 0.2) is 0 Å². The minimum atomic E-state index is -0.897. The number of benzene rings is 1. The lowest BCUT2D eigenvalue weighted by atomic mass is 9.80. The van der Waals surface area contributed by atoms with E-state index in [-0.39, 0.29) is 24.2 Å². The van der Waals surface area contributed by atoms with Crippen molar-refractivity contribution in [2.24, 2.45) is 5.92 Å². The van der Waals surface area contributed by atoms with Crippen molar-refractivity contribution in [2.45, 2.75) is 62.7 Å². The first-order valence-electron chi connectivity index (χ1n) is 12.1. The van der Waals surface area contributed by atoms with Crippen molar-refractivity contribution in [3.63, 3.8) is 0 Å². The van der Waals surface area contributed by atoms with E-state index in [0.29, 0.717) is 32.0 Å². The Labute approximate surface area is 193 Å². The highest BCUT2D eigenvalue weighted by molar-refractivity contribution is 5.67. The van der Waals surface area contributed by atoms with Crippen molar-refractivity contribution < 1.29 is 14.6 Å². The molecule has 1 amide bonds. The molecular formula is C25H29N5O3. The summed E-state index contributed by atoms with van der Waals surface area (Å²) >= 11 is 0. The Morgan fingerprint density at radius 2 is 2.00 bits per heavy atom. The van der Waals surface area contributed by atoms with Crippen LogP contribution in [0.1, 0.15) is 72.7 Å². The van der Waals surface area contributed by atoms with E-state index in [9.17, 15) is 9.90 Å². The number of hydrogen-bond acceptors (Lipinski definition) is 5. The second-order valence-electron chi connectivity index (χ2n) is 9.82. The molecule has 4 aliphatic rings. The highest BCUT2D eigenvalue weighted by Crippen LogP contribution is 2.41. The van der Waals surface area contributed by atoms with Gasteiger partial charge in [0.25, 0.3) is 0 Å². The third kappa shape index (κ3) is 3.51. The second kappa shape index (κ2) is 8.15. The van der Waals surface area contributed by atoms with E-state index in [1.54, 1.807) is 0 Å². The van der Waals surface area contributed by atoms with E-state index in [2.05, 4.69) is 35.7 Å². The van der Waals surface area contributed by atoms with Crippen LogP contribution in [0.2, 0.25) is 0 Å². The molecule has 3 heterocycles. The topological polar surface area (TPSA) is 103 Å². The molecule has 33 heavy (non-hydrogen) atoms. The minimum absolute atomic E-state index is 0.0553. The summed E-state index contributed by atoms with van der Waals surface area (Å²) in [5.41, 5.74) is 5.34. The number of carbonyl (C=O) groups is 1. The van der Waals surface area contributed by atoms with Crippen molar-refractivity contribution in [1.82, 2.24) is 20.0 Å². The molecule has 1 aromatic carbocycles. The molecule has 2 aromatic rings. The summed E-state index contributed by atoms with van der Waals surface area (Å²) in [4.78, 5) is 13.5. The molecule has 2 unspecified atom stereocenters. The molecule has 2 atom stereocenters. The Hall–Kier alpha value is -2.89. The van der Waals surface area contributed by atoms with Crippen LogP contribution in [0.15, 0.2) is 24.3 Å². The maximum Gasteiger partial charge on any atom is 0.407 e. The SMILES string of the molecule is N#CC1CC(OC2CNCC3c4c2nn(-c2ccc(C5CCC5)cc2)c4CCN3C(=O)O)C1. The first-order valence-corrected chi connectivity index (χ1v) is 12.1. The van der Waals surface area contributed by atoms with Gasteiger partial charge in [-0.05, 0) is 49.3 Å². The normalized spacial score (nSPS) is 28.8. The molecular weight excluding hydrogens is 418 g/mol. The van der Waals surface area contributed by atoms with Crippen molar-refractivity contribution in [3.05, 3.63) is 46.8 Å². The van der Waals surface area contributed by atoms with Crippen molar-refractivity contribution in [2.75, 3.05) is 19.6 Å². The van der Waals surface area contributed by atoms with Gasteiger partial charge >= 0.3 is 6.09 Å². The largest absolute Gasteiger partial charge is 0.465 e. The lowest BCUT2D eigenvalue weighted by molar-refractivity contribution is -0.0669. The predicted octanol–water partition coefficient (Wildman–Crippen LogP) is 3.68. The second-order valence-corrected chi connectivity index (χ2v) is 9.82. The Kier molecular flexibility index (Phi) is 5.11. The highest BCUT2D eigenvalue weighted by Gasteiger charge is 2.42. The number of nitriles is 1. The van der Waals surface area contributed by atoms with Crippen molar-refractivity contribution in [1.29, 1.82) is 5.26 Å². The smallest absolute Gasteiger partial charge is 0.407 e. The van der Waals surface area contributed by atoms with E-state index in [0.717, 1.165) is 35.5 Å². The average Bonchev–Trinajstić information content (AvgIpc) is 3.04. The van der Waals surface area contributed by atoms with E-state index < -0.39 is 6.09 Å².